The van der Waals surface area contributed by atoms with Crippen LogP contribution in [0, 0.1) is 0 Å². The van der Waals surface area contributed by atoms with Gasteiger partial charge in [0.25, 0.3) is 0 Å². The van der Waals surface area contributed by atoms with E-state index >= 15 is 0 Å². The zero-order chi connectivity index (χ0) is 17.0. The van der Waals surface area contributed by atoms with Crippen LogP contribution in [0.1, 0.15) is 33.3 Å². The van der Waals surface area contributed by atoms with Crippen LogP contribution in [0.2, 0.25) is 0 Å². The Labute approximate surface area is 132 Å². The van der Waals surface area contributed by atoms with Crippen LogP contribution in [0.25, 0.3) is 0 Å². The Morgan fingerprint density at radius 1 is 1.09 bits per heavy atom. The van der Waals surface area contributed by atoms with Gasteiger partial charge in [-0.25, -0.2) is 9.59 Å². The zero-order valence-electron chi connectivity index (χ0n) is 14.2. The van der Waals surface area contributed by atoms with E-state index in [4.69, 9.17) is 9.47 Å². The summed E-state index contributed by atoms with van der Waals surface area (Å²) in [6, 6.07) is 9.49. The highest BCUT2D eigenvalue weighted by Gasteiger charge is 2.43. The average molecular weight is 307 g/mol. The molecule has 0 aliphatic heterocycles. The highest BCUT2D eigenvalue weighted by Crippen LogP contribution is 2.24. The molecule has 0 aliphatic carbocycles. The summed E-state index contributed by atoms with van der Waals surface area (Å²) in [5, 5.41) is 0. The van der Waals surface area contributed by atoms with E-state index in [1.807, 2.05) is 30.3 Å². The summed E-state index contributed by atoms with van der Waals surface area (Å²) in [6.07, 6.45) is -0.215. The molecule has 122 valence electrons. The second kappa shape index (κ2) is 6.81. The van der Waals surface area contributed by atoms with E-state index in [2.05, 4.69) is 0 Å². The molecule has 1 aromatic carbocycles. The highest BCUT2D eigenvalue weighted by atomic mass is 16.6. The minimum Gasteiger partial charge on any atom is -0.467 e. The summed E-state index contributed by atoms with van der Waals surface area (Å²) in [5.41, 5.74) is -0.834. The van der Waals surface area contributed by atoms with Crippen molar-refractivity contribution in [3.63, 3.8) is 0 Å². The SMILES string of the molecule is COC(=O)C(C)(Cc1ccccc1)N(C)C(=O)OC(C)(C)C. The fourth-order valence-electron chi connectivity index (χ4n) is 2.07. The third-order valence-corrected chi connectivity index (χ3v) is 3.42. The summed E-state index contributed by atoms with van der Waals surface area (Å²) >= 11 is 0. The molecule has 1 atom stereocenters. The first-order valence-electron chi connectivity index (χ1n) is 7.19. The van der Waals surface area contributed by atoms with Gasteiger partial charge < -0.3 is 9.47 Å². The smallest absolute Gasteiger partial charge is 0.410 e. The van der Waals surface area contributed by atoms with E-state index in [0.717, 1.165) is 5.56 Å². The Balaban J connectivity index is 3.06. The van der Waals surface area contributed by atoms with Crippen molar-refractivity contribution in [2.24, 2.45) is 0 Å². The number of amides is 1. The van der Waals surface area contributed by atoms with Gasteiger partial charge in [-0.3, -0.25) is 4.90 Å². The molecule has 1 rings (SSSR count). The van der Waals surface area contributed by atoms with Crippen LogP contribution < -0.4 is 0 Å². The first-order valence-corrected chi connectivity index (χ1v) is 7.19. The Bertz CT molecular complexity index is 521. The lowest BCUT2D eigenvalue weighted by Crippen LogP contribution is -2.56. The molecule has 0 aromatic heterocycles. The molecule has 0 spiro atoms. The number of hydrogen-bond acceptors (Lipinski definition) is 4. The van der Waals surface area contributed by atoms with E-state index in [1.165, 1.54) is 12.0 Å². The van der Waals surface area contributed by atoms with E-state index in [-0.39, 0.29) is 0 Å². The number of ether oxygens (including phenoxy) is 2. The number of benzene rings is 1. The van der Waals surface area contributed by atoms with Crippen molar-refractivity contribution in [3.8, 4) is 0 Å². The maximum absolute atomic E-state index is 12.3. The Morgan fingerprint density at radius 2 is 1.64 bits per heavy atom. The average Bonchev–Trinajstić information content (AvgIpc) is 2.44. The predicted molar refractivity (Wildman–Crippen MR) is 84.6 cm³/mol. The van der Waals surface area contributed by atoms with Crippen LogP contribution in [0.5, 0.6) is 0 Å². The van der Waals surface area contributed by atoms with Gasteiger partial charge in [0.15, 0.2) is 0 Å². The molecule has 5 nitrogen and oxygen atoms in total. The van der Waals surface area contributed by atoms with Gasteiger partial charge in [-0.05, 0) is 33.3 Å². The number of esters is 1. The first kappa shape index (κ1) is 18.0. The summed E-state index contributed by atoms with van der Waals surface area (Å²) in [4.78, 5) is 25.9. The van der Waals surface area contributed by atoms with Gasteiger partial charge in [0.1, 0.15) is 11.1 Å². The standard InChI is InChI=1S/C17H25NO4/c1-16(2,3)22-15(20)18(5)17(4,14(19)21-6)12-13-10-8-7-9-11-13/h7-11H,12H2,1-6H3. The van der Waals surface area contributed by atoms with Crippen LogP contribution in [0.3, 0.4) is 0 Å². The lowest BCUT2D eigenvalue weighted by atomic mass is 9.91. The molecule has 0 saturated heterocycles. The minimum atomic E-state index is -1.14. The highest BCUT2D eigenvalue weighted by molar-refractivity contribution is 5.85. The molecular formula is C17H25NO4. The number of rotatable bonds is 4. The fourth-order valence-corrected chi connectivity index (χ4v) is 2.07. The maximum Gasteiger partial charge on any atom is 0.410 e. The van der Waals surface area contributed by atoms with Gasteiger partial charge in [-0.2, -0.15) is 0 Å². The Hall–Kier alpha value is -2.04. The number of carbonyl (C=O) groups is 2. The van der Waals surface area contributed by atoms with Crippen LogP contribution in [0.15, 0.2) is 30.3 Å². The van der Waals surface area contributed by atoms with Gasteiger partial charge in [-0.1, -0.05) is 30.3 Å². The molecule has 0 radical (unpaired) electrons. The second-order valence-corrected chi connectivity index (χ2v) is 6.47. The third kappa shape index (κ3) is 4.48. The largest absolute Gasteiger partial charge is 0.467 e. The molecule has 1 aromatic rings. The molecule has 1 amide bonds. The van der Waals surface area contributed by atoms with Gasteiger partial charge in [0.05, 0.1) is 7.11 Å². The van der Waals surface area contributed by atoms with Crippen molar-refractivity contribution in [1.82, 2.24) is 4.90 Å². The third-order valence-electron chi connectivity index (χ3n) is 3.42. The van der Waals surface area contributed by atoms with Crippen molar-refractivity contribution in [2.45, 2.75) is 45.3 Å². The van der Waals surface area contributed by atoms with Crippen molar-refractivity contribution >= 4 is 12.1 Å². The zero-order valence-corrected chi connectivity index (χ0v) is 14.2. The summed E-state index contributed by atoms with van der Waals surface area (Å²) < 4.78 is 10.3. The Kier molecular flexibility index (Phi) is 5.58. The van der Waals surface area contributed by atoms with E-state index in [0.29, 0.717) is 6.42 Å². The molecule has 22 heavy (non-hydrogen) atoms. The minimum absolute atomic E-state index is 0.344. The number of nitrogens with zero attached hydrogens (tertiary/aromatic N) is 1. The van der Waals surface area contributed by atoms with Crippen LogP contribution in [-0.4, -0.2) is 42.3 Å². The molecule has 0 aliphatic rings. The number of carbonyl (C=O) groups excluding carboxylic acids is 2. The number of methoxy groups -OCH3 is 1. The first-order chi connectivity index (χ1) is 10.1. The number of hydrogen-bond donors (Lipinski definition) is 0. The predicted octanol–water partition coefficient (Wildman–Crippen LogP) is 3.03. The second-order valence-electron chi connectivity index (χ2n) is 6.47. The molecule has 0 heterocycles. The molecular weight excluding hydrogens is 282 g/mol. The molecule has 0 fully saturated rings. The maximum atomic E-state index is 12.3. The fraction of sp³-hybridized carbons (Fsp3) is 0.529. The van der Waals surface area contributed by atoms with Crippen LogP contribution >= 0.6 is 0 Å². The molecule has 5 heteroatoms. The lowest BCUT2D eigenvalue weighted by molar-refractivity contribution is -0.153. The van der Waals surface area contributed by atoms with Gasteiger partial charge >= 0.3 is 12.1 Å². The van der Waals surface area contributed by atoms with E-state index < -0.39 is 23.2 Å². The molecule has 0 N–H and O–H groups in total. The summed E-state index contributed by atoms with van der Waals surface area (Å²) in [7, 11) is 2.86. The molecule has 0 saturated carbocycles. The molecule has 0 bridgehead atoms. The van der Waals surface area contributed by atoms with Crippen molar-refractivity contribution < 1.29 is 19.1 Å². The number of likely N-dealkylation sites (N-methyl/N-ethyl adjacent to an activating group) is 1. The van der Waals surface area contributed by atoms with Crippen molar-refractivity contribution in [2.75, 3.05) is 14.2 Å². The van der Waals surface area contributed by atoms with Gasteiger partial charge in [0, 0.05) is 13.5 Å². The summed E-state index contributed by atoms with van der Waals surface area (Å²) in [5.74, 6) is -0.482. The quantitative estimate of drug-likeness (QED) is 0.802. The normalized spacial score (nSPS) is 13.9. The Morgan fingerprint density at radius 3 is 2.09 bits per heavy atom. The monoisotopic (exact) mass is 307 g/mol. The van der Waals surface area contributed by atoms with Gasteiger partial charge in [0.2, 0.25) is 0 Å². The van der Waals surface area contributed by atoms with Crippen LogP contribution in [0.4, 0.5) is 4.79 Å². The molecule has 1 unspecified atom stereocenters. The van der Waals surface area contributed by atoms with E-state index in [9.17, 15) is 9.59 Å². The summed E-state index contributed by atoms with van der Waals surface area (Å²) in [6.45, 7) is 7.03. The lowest BCUT2D eigenvalue weighted by Gasteiger charge is -2.37. The van der Waals surface area contributed by atoms with Crippen molar-refractivity contribution in [3.05, 3.63) is 35.9 Å². The van der Waals surface area contributed by atoms with Crippen LogP contribution in [-0.2, 0) is 20.7 Å². The van der Waals surface area contributed by atoms with Crippen molar-refractivity contribution in [1.29, 1.82) is 0 Å². The topological polar surface area (TPSA) is 55.8 Å². The van der Waals surface area contributed by atoms with E-state index in [1.54, 1.807) is 34.7 Å². The van der Waals surface area contributed by atoms with Gasteiger partial charge in [-0.15, -0.1) is 0 Å².